The molecular weight excluding hydrogens is 534 g/mol. The van der Waals surface area contributed by atoms with Gasteiger partial charge in [-0.25, -0.2) is 4.68 Å². The lowest BCUT2D eigenvalue weighted by Gasteiger charge is -2.27. The molecule has 0 spiro atoms. The lowest BCUT2D eigenvalue weighted by molar-refractivity contribution is -0.133. The first-order valence-corrected chi connectivity index (χ1v) is 15.1. The van der Waals surface area contributed by atoms with Crippen LogP contribution in [-0.4, -0.2) is 55.6 Å². The van der Waals surface area contributed by atoms with Crippen molar-refractivity contribution in [1.29, 1.82) is 0 Å². The van der Waals surface area contributed by atoms with Gasteiger partial charge in [-0.3, -0.25) is 19.2 Å². The number of rotatable bonds is 11. The van der Waals surface area contributed by atoms with E-state index >= 15 is 0 Å². The molecule has 1 aromatic carbocycles. The quantitative estimate of drug-likeness (QED) is 0.255. The number of benzene rings is 1. The van der Waals surface area contributed by atoms with Crippen LogP contribution in [0.3, 0.4) is 0 Å². The number of hydrogen-bond acceptors (Lipinski definition) is 6. The summed E-state index contributed by atoms with van der Waals surface area (Å²) >= 11 is 0. The summed E-state index contributed by atoms with van der Waals surface area (Å²) in [6.45, 7) is 7.61. The molecule has 1 aliphatic rings. The monoisotopic (exact) mass is 577 g/mol. The van der Waals surface area contributed by atoms with Crippen LogP contribution in [0.2, 0.25) is 0 Å². The Balaban J connectivity index is 1.63. The topological polar surface area (TPSA) is 151 Å². The molecule has 3 amide bonds. The molecule has 3 heterocycles. The molecule has 0 fully saturated rings. The zero-order valence-corrected chi connectivity index (χ0v) is 25.0. The van der Waals surface area contributed by atoms with Crippen molar-refractivity contribution in [3.8, 4) is 0 Å². The molecule has 0 saturated carbocycles. The van der Waals surface area contributed by atoms with Gasteiger partial charge in [0.1, 0.15) is 29.6 Å². The largest absolute Gasteiger partial charge is 0.361 e. The number of Topliss-reactive ketones (excluding diaryl/α,β-unsaturated/α-hetero) is 1. The Bertz CT molecular complexity index is 1400. The maximum Gasteiger partial charge on any atom is 0.245 e. The van der Waals surface area contributed by atoms with Gasteiger partial charge in [-0.05, 0) is 37.3 Å². The van der Waals surface area contributed by atoms with Crippen molar-refractivity contribution in [3.05, 3.63) is 47.9 Å². The van der Waals surface area contributed by atoms with Gasteiger partial charge in [0.2, 0.25) is 17.7 Å². The average Bonchev–Trinajstić information content (AvgIpc) is 3.65. The molecule has 3 aromatic rings. The van der Waals surface area contributed by atoms with Crippen LogP contribution in [0.5, 0.6) is 0 Å². The minimum Gasteiger partial charge on any atom is -0.361 e. The van der Waals surface area contributed by atoms with E-state index in [-0.39, 0.29) is 29.9 Å². The third kappa shape index (κ3) is 7.43. The highest BCUT2D eigenvalue weighted by Crippen LogP contribution is 2.25. The summed E-state index contributed by atoms with van der Waals surface area (Å²) in [5.41, 5.74) is 2.40. The summed E-state index contributed by atoms with van der Waals surface area (Å²) in [5.74, 6) is -0.863. The van der Waals surface area contributed by atoms with E-state index in [1.807, 2.05) is 51.2 Å². The number of aromatic amines is 1. The lowest BCUT2D eigenvalue weighted by atomic mass is 9.95. The molecule has 1 unspecified atom stereocenters. The van der Waals surface area contributed by atoms with Gasteiger partial charge in [0.15, 0.2) is 0 Å². The number of nitrogens with zero attached hydrogens (tertiary/aromatic N) is 3. The fraction of sp³-hybridized carbons (Fsp3) is 0.548. The molecule has 4 rings (SSSR count). The minimum absolute atomic E-state index is 0.0325. The molecule has 4 N–H and O–H groups in total. The number of para-hydroxylation sites is 1. The Hall–Kier alpha value is -4.02. The second-order valence-electron chi connectivity index (χ2n) is 11.3. The average molecular weight is 578 g/mol. The Morgan fingerprint density at radius 3 is 2.48 bits per heavy atom. The van der Waals surface area contributed by atoms with Crippen molar-refractivity contribution in [2.75, 3.05) is 0 Å². The number of carbonyl (C=O) groups excluding carboxylic acids is 4. The van der Waals surface area contributed by atoms with Crippen LogP contribution in [0.15, 0.2) is 36.7 Å². The first kappa shape index (κ1) is 30.9. The van der Waals surface area contributed by atoms with Gasteiger partial charge >= 0.3 is 0 Å². The lowest BCUT2D eigenvalue weighted by Crippen LogP contribution is -2.55. The van der Waals surface area contributed by atoms with Gasteiger partial charge in [0.05, 0.1) is 12.2 Å². The highest BCUT2D eigenvalue weighted by molar-refractivity contribution is 5.93. The molecule has 0 aliphatic carbocycles. The van der Waals surface area contributed by atoms with Crippen LogP contribution in [0, 0.1) is 5.92 Å². The predicted octanol–water partition coefficient (Wildman–Crippen LogP) is 3.68. The molecule has 0 radical (unpaired) electrons. The second-order valence-corrected chi connectivity index (χ2v) is 11.3. The maximum atomic E-state index is 13.9. The summed E-state index contributed by atoms with van der Waals surface area (Å²) < 4.78 is 1.47. The number of hydrogen-bond donors (Lipinski definition) is 4. The highest BCUT2D eigenvalue weighted by Gasteiger charge is 2.33. The molecule has 5 atom stereocenters. The van der Waals surface area contributed by atoms with E-state index in [2.05, 4.69) is 31.2 Å². The van der Waals surface area contributed by atoms with Crippen LogP contribution in [-0.2, 0) is 25.6 Å². The second kappa shape index (κ2) is 14.2. The Morgan fingerprint density at radius 1 is 0.976 bits per heavy atom. The van der Waals surface area contributed by atoms with E-state index in [0.29, 0.717) is 31.4 Å². The summed E-state index contributed by atoms with van der Waals surface area (Å²) in [4.78, 5) is 55.9. The zero-order chi connectivity index (χ0) is 30.2. The normalized spacial score (nSPS) is 22.3. The number of nitrogens with one attached hydrogen (secondary N) is 4. The number of aromatic nitrogens is 4. The molecule has 11 nitrogen and oxygen atoms in total. The van der Waals surface area contributed by atoms with Crippen LogP contribution in [0.25, 0.3) is 10.9 Å². The van der Waals surface area contributed by atoms with E-state index in [1.165, 1.54) is 4.68 Å². The molecule has 2 aromatic heterocycles. The molecule has 11 heteroatoms. The smallest absolute Gasteiger partial charge is 0.245 e. The fourth-order valence-electron chi connectivity index (χ4n) is 5.33. The number of H-pyrrole nitrogens is 1. The standard InChI is InChI=1S/C31H43N7O4/c1-5-19(3)28-27-18-38(37-36-27)20(4)29(40)33-25(15-9-7-8-12-22(39)6-2)30(41)34-26(31(42)35-28)16-21-17-32-24-14-11-10-13-23(21)24/h10-11,13-14,17-20,25-26,28,32H,5-9,12,15-16H2,1-4H3,(H,33,40)(H,34,41)(H,35,42)/t19?,20-,25-,26-,28-/m0/s1. The molecular formula is C31H43N7O4. The molecule has 0 saturated heterocycles. The van der Waals surface area contributed by atoms with E-state index < -0.39 is 30.1 Å². The maximum absolute atomic E-state index is 13.9. The SMILES string of the molecule is CCC(=O)CCCCC[C@@H]1NC(=O)[C@H](C)n2cc(nn2)[C@H](C(C)CC)NC(=O)[C@H](Cc2c[nH]c3ccccc23)NC1=O. The molecule has 1 aliphatic heterocycles. The predicted molar refractivity (Wildman–Crippen MR) is 159 cm³/mol. The van der Waals surface area contributed by atoms with E-state index in [0.717, 1.165) is 35.7 Å². The van der Waals surface area contributed by atoms with Crippen molar-refractivity contribution < 1.29 is 19.2 Å². The van der Waals surface area contributed by atoms with Gasteiger partial charge in [-0.2, -0.15) is 0 Å². The number of fused-ring (bicyclic) bond motifs is 3. The van der Waals surface area contributed by atoms with Gasteiger partial charge < -0.3 is 20.9 Å². The number of ketones is 1. The van der Waals surface area contributed by atoms with E-state index in [1.54, 1.807) is 13.1 Å². The summed E-state index contributed by atoms with van der Waals surface area (Å²) in [7, 11) is 0. The molecule has 42 heavy (non-hydrogen) atoms. The molecule has 2 bridgehead atoms. The zero-order valence-electron chi connectivity index (χ0n) is 25.0. The van der Waals surface area contributed by atoms with Crippen LogP contribution >= 0.6 is 0 Å². The number of unbranched alkanes of at least 4 members (excludes halogenated alkanes) is 2. The van der Waals surface area contributed by atoms with Crippen molar-refractivity contribution in [3.63, 3.8) is 0 Å². The van der Waals surface area contributed by atoms with Gasteiger partial charge in [-0.15, -0.1) is 5.10 Å². The summed E-state index contributed by atoms with van der Waals surface area (Å²) in [5, 5.41) is 18.5. The van der Waals surface area contributed by atoms with Crippen molar-refractivity contribution in [2.45, 2.75) is 103 Å². The number of amides is 3. The Labute approximate surface area is 246 Å². The Morgan fingerprint density at radius 2 is 1.71 bits per heavy atom. The van der Waals surface area contributed by atoms with Crippen molar-refractivity contribution in [1.82, 2.24) is 35.9 Å². The number of carbonyl (C=O) groups is 4. The highest BCUT2D eigenvalue weighted by atomic mass is 16.2. The van der Waals surface area contributed by atoms with E-state index in [9.17, 15) is 19.2 Å². The van der Waals surface area contributed by atoms with Gasteiger partial charge in [0.25, 0.3) is 0 Å². The third-order valence-electron chi connectivity index (χ3n) is 8.34. The first-order valence-electron chi connectivity index (χ1n) is 15.1. The van der Waals surface area contributed by atoms with Crippen LogP contribution in [0.1, 0.15) is 96.0 Å². The summed E-state index contributed by atoms with van der Waals surface area (Å²) in [6.07, 6.45) is 8.13. The summed E-state index contributed by atoms with van der Waals surface area (Å²) in [6, 6.07) is 4.92. The van der Waals surface area contributed by atoms with Gasteiger partial charge in [0, 0.05) is 36.4 Å². The third-order valence-corrected chi connectivity index (χ3v) is 8.34. The molecule has 226 valence electrons. The van der Waals surface area contributed by atoms with Crippen LogP contribution < -0.4 is 16.0 Å². The minimum atomic E-state index is -0.891. The van der Waals surface area contributed by atoms with E-state index in [4.69, 9.17) is 0 Å². The van der Waals surface area contributed by atoms with Crippen molar-refractivity contribution >= 4 is 34.4 Å². The Kier molecular flexibility index (Phi) is 10.5. The van der Waals surface area contributed by atoms with Crippen LogP contribution in [0.4, 0.5) is 0 Å². The van der Waals surface area contributed by atoms with Gasteiger partial charge in [-0.1, -0.05) is 63.4 Å². The van der Waals surface area contributed by atoms with Crippen molar-refractivity contribution in [2.24, 2.45) is 5.92 Å². The fourth-order valence-corrected chi connectivity index (χ4v) is 5.33. The first-order chi connectivity index (χ1) is 20.2.